The SMILES string of the molecule is N[C@]1(C(=O)O)O[C@H]([C@H](O)CO)[C@H](O)[C@@H]1O. The first-order chi connectivity index (χ1) is 6.84. The first-order valence-corrected chi connectivity index (χ1v) is 4.19. The van der Waals surface area contributed by atoms with Gasteiger partial charge in [-0.15, -0.1) is 0 Å². The van der Waals surface area contributed by atoms with Crippen LogP contribution < -0.4 is 5.73 Å². The van der Waals surface area contributed by atoms with Gasteiger partial charge < -0.3 is 30.3 Å². The summed E-state index contributed by atoms with van der Waals surface area (Å²) < 4.78 is 4.66. The van der Waals surface area contributed by atoms with E-state index in [1.54, 1.807) is 0 Å². The van der Waals surface area contributed by atoms with E-state index in [0.29, 0.717) is 0 Å². The predicted octanol–water partition coefficient (Wildman–Crippen LogP) is -3.80. The first kappa shape index (κ1) is 12.3. The summed E-state index contributed by atoms with van der Waals surface area (Å²) in [4.78, 5) is 10.7. The molecule has 1 aliphatic heterocycles. The number of nitrogens with two attached hydrogens (primary N) is 1. The number of ether oxygens (including phenoxy) is 1. The molecule has 0 bridgehead atoms. The molecule has 0 saturated carbocycles. The fourth-order valence-electron chi connectivity index (χ4n) is 1.38. The molecule has 0 aromatic heterocycles. The van der Waals surface area contributed by atoms with Crippen molar-refractivity contribution < 1.29 is 35.1 Å². The average molecular weight is 223 g/mol. The third kappa shape index (κ3) is 1.83. The van der Waals surface area contributed by atoms with E-state index in [2.05, 4.69) is 4.74 Å². The van der Waals surface area contributed by atoms with Crippen molar-refractivity contribution in [3.05, 3.63) is 0 Å². The quantitative estimate of drug-likeness (QED) is 0.285. The van der Waals surface area contributed by atoms with Gasteiger partial charge in [0.2, 0.25) is 5.72 Å². The van der Waals surface area contributed by atoms with Crippen LogP contribution in [0.25, 0.3) is 0 Å². The summed E-state index contributed by atoms with van der Waals surface area (Å²) in [6.07, 6.45) is -6.50. The van der Waals surface area contributed by atoms with E-state index in [-0.39, 0.29) is 0 Å². The number of aliphatic hydroxyl groups excluding tert-OH is 4. The Hall–Kier alpha value is -0.770. The zero-order valence-electron chi connectivity index (χ0n) is 7.65. The lowest BCUT2D eigenvalue weighted by molar-refractivity contribution is -0.177. The van der Waals surface area contributed by atoms with Crippen molar-refractivity contribution in [3.8, 4) is 0 Å². The largest absolute Gasteiger partial charge is 0.478 e. The number of carboxylic acids is 1. The zero-order chi connectivity index (χ0) is 11.8. The molecule has 15 heavy (non-hydrogen) atoms. The molecule has 0 spiro atoms. The van der Waals surface area contributed by atoms with E-state index < -0.39 is 42.7 Å². The maximum absolute atomic E-state index is 10.7. The maximum Gasteiger partial charge on any atom is 0.354 e. The topological polar surface area (TPSA) is 153 Å². The number of rotatable bonds is 3. The Morgan fingerprint density at radius 3 is 2.40 bits per heavy atom. The molecule has 1 rings (SSSR count). The molecule has 8 nitrogen and oxygen atoms in total. The molecule has 0 unspecified atom stereocenters. The molecule has 1 aliphatic rings. The van der Waals surface area contributed by atoms with Crippen LogP contribution >= 0.6 is 0 Å². The zero-order valence-corrected chi connectivity index (χ0v) is 7.65. The van der Waals surface area contributed by atoms with Crippen molar-refractivity contribution in [1.29, 1.82) is 0 Å². The van der Waals surface area contributed by atoms with E-state index in [1.165, 1.54) is 0 Å². The van der Waals surface area contributed by atoms with Crippen molar-refractivity contribution in [1.82, 2.24) is 0 Å². The smallest absolute Gasteiger partial charge is 0.354 e. The Kier molecular flexibility index (Phi) is 3.28. The molecule has 0 amide bonds. The summed E-state index contributed by atoms with van der Waals surface area (Å²) in [7, 11) is 0. The van der Waals surface area contributed by atoms with Gasteiger partial charge in [0.1, 0.15) is 24.4 Å². The summed E-state index contributed by atoms with van der Waals surface area (Å²) in [5.74, 6) is -1.67. The summed E-state index contributed by atoms with van der Waals surface area (Å²) in [5.41, 5.74) is 2.72. The van der Waals surface area contributed by atoms with Gasteiger partial charge >= 0.3 is 5.97 Å². The Bertz CT molecular complexity index is 260. The highest BCUT2D eigenvalue weighted by Gasteiger charge is 2.58. The Morgan fingerprint density at radius 1 is 1.53 bits per heavy atom. The molecule has 1 heterocycles. The number of hydrogen-bond acceptors (Lipinski definition) is 7. The van der Waals surface area contributed by atoms with Gasteiger partial charge in [0.25, 0.3) is 0 Å². The lowest BCUT2D eigenvalue weighted by Crippen LogP contribution is -2.57. The minimum Gasteiger partial charge on any atom is -0.478 e. The third-order valence-corrected chi connectivity index (χ3v) is 2.33. The van der Waals surface area contributed by atoms with Gasteiger partial charge in [-0.1, -0.05) is 0 Å². The molecule has 0 aliphatic carbocycles. The summed E-state index contributed by atoms with van der Waals surface area (Å²) in [6.45, 7) is -0.746. The fourth-order valence-corrected chi connectivity index (χ4v) is 1.38. The Labute approximate surface area is 84.5 Å². The highest BCUT2D eigenvalue weighted by atomic mass is 16.6. The molecule has 7 N–H and O–H groups in total. The molecular weight excluding hydrogens is 210 g/mol. The van der Waals surface area contributed by atoms with Crippen LogP contribution in [0.5, 0.6) is 0 Å². The van der Waals surface area contributed by atoms with Crippen LogP contribution in [0, 0.1) is 0 Å². The predicted molar refractivity (Wildman–Crippen MR) is 44.5 cm³/mol. The minimum atomic E-state index is -2.47. The van der Waals surface area contributed by atoms with Gasteiger partial charge in [-0.2, -0.15) is 0 Å². The average Bonchev–Trinajstić information content (AvgIpc) is 2.43. The molecule has 1 saturated heterocycles. The van der Waals surface area contributed by atoms with Crippen LogP contribution in [0.3, 0.4) is 0 Å². The molecule has 1 fully saturated rings. The van der Waals surface area contributed by atoms with Gasteiger partial charge in [0.15, 0.2) is 0 Å². The summed E-state index contributed by atoms with van der Waals surface area (Å²) in [5, 5.41) is 45.1. The maximum atomic E-state index is 10.7. The lowest BCUT2D eigenvalue weighted by atomic mass is 10.0. The second-order valence-electron chi connectivity index (χ2n) is 3.37. The molecule has 88 valence electrons. The molecule has 0 radical (unpaired) electrons. The fraction of sp³-hybridized carbons (Fsp3) is 0.857. The number of carboxylic acid groups (broad SMARTS) is 1. The third-order valence-electron chi connectivity index (χ3n) is 2.33. The van der Waals surface area contributed by atoms with E-state index in [4.69, 9.17) is 21.1 Å². The second-order valence-corrected chi connectivity index (χ2v) is 3.37. The van der Waals surface area contributed by atoms with E-state index in [1.807, 2.05) is 0 Å². The van der Waals surface area contributed by atoms with Crippen molar-refractivity contribution >= 4 is 5.97 Å². The summed E-state index contributed by atoms with van der Waals surface area (Å²) >= 11 is 0. The minimum absolute atomic E-state index is 0.746. The van der Waals surface area contributed by atoms with Crippen molar-refractivity contribution in [3.63, 3.8) is 0 Å². The molecular formula is C7H13NO7. The van der Waals surface area contributed by atoms with Crippen molar-refractivity contribution in [2.24, 2.45) is 5.73 Å². The van der Waals surface area contributed by atoms with Gasteiger partial charge in [0.05, 0.1) is 6.61 Å². The highest BCUT2D eigenvalue weighted by Crippen LogP contribution is 2.29. The van der Waals surface area contributed by atoms with Gasteiger partial charge in [0, 0.05) is 0 Å². The number of aliphatic hydroxyl groups is 4. The number of hydrogen-bond donors (Lipinski definition) is 6. The van der Waals surface area contributed by atoms with Crippen LogP contribution in [0.15, 0.2) is 0 Å². The number of aliphatic carboxylic acids is 1. The monoisotopic (exact) mass is 223 g/mol. The molecule has 5 atom stereocenters. The normalized spacial score (nSPS) is 42.9. The van der Waals surface area contributed by atoms with Crippen LogP contribution in [-0.4, -0.2) is 68.2 Å². The first-order valence-electron chi connectivity index (χ1n) is 4.19. The van der Waals surface area contributed by atoms with Crippen LogP contribution in [0.2, 0.25) is 0 Å². The molecule has 8 heteroatoms. The van der Waals surface area contributed by atoms with E-state index >= 15 is 0 Å². The molecule has 0 aromatic rings. The highest BCUT2D eigenvalue weighted by molar-refractivity contribution is 5.78. The Morgan fingerprint density at radius 2 is 2.07 bits per heavy atom. The Balaban J connectivity index is 2.89. The van der Waals surface area contributed by atoms with Gasteiger partial charge in [-0.3, -0.25) is 5.73 Å². The van der Waals surface area contributed by atoms with Crippen molar-refractivity contribution in [2.45, 2.75) is 30.1 Å². The summed E-state index contributed by atoms with van der Waals surface area (Å²) in [6, 6.07) is 0. The van der Waals surface area contributed by atoms with Crippen LogP contribution in [0.4, 0.5) is 0 Å². The molecule has 0 aromatic carbocycles. The number of carbonyl (C=O) groups is 1. The van der Waals surface area contributed by atoms with Crippen molar-refractivity contribution in [2.75, 3.05) is 6.61 Å². The lowest BCUT2D eigenvalue weighted by Gasteiger charge is -2.22. The van der Waals surface area contributed by atoms with Gasteiger partial charge in [-0.25, -0.2) is 4.79 Å². The van der Waals surface area contributed by atoms with E-state index in [0.717, 1.165) is 0 Å². The standard InChI is InChI=1S/C7H13NO7/c8-7(6(13)14)5(12)3(11)4(15-7)2(10)1-9/h2-5,9-12H,1,8H2,(H,13,14)/t2-,3+,4-,5+,7+/m1/s1. The van der Waals surface area contributed by atoms with Crippen LogP contribution in [-0.2, 0) is 9.53 Å². The van der Waals surface area contributed by atoms with Gasteiger partial charge in [-0.05, 0) is 0 Å². The van der Waals surface area contributed by atoms with E-state index in [9.17, 15) is 15.0 Å². The second kappa shape index (κ2) is 4.00. The van der Waals surface area contributed by atoms with Crippen LogP contribution in [0.1, 0.15) is 0 Å².